The molecule has 2 aliphatic heterocycles. The van der Waals surface area contributed by atoms with Crippen molar-refractivity contribution in [1.82, 2.24) is 14.5 Å². The lowest BCUT2D eigenvalue weighted by Crippen LogP contribution is -2.33. The van der Waals surface area contributed by atoms with Crippen molar-refractivity contribution in [3.05, 3.63) is 54.0 Å². The highest BCUT2D eigenvalue weighted by molar-refractivity contribution is 7.53. The molecule has 4 heterocycles. The van der Waals surface area contributed by atoms with Crippen LogP contribution < -0.4 is 5.32 Å². The Bertz CT molecular complexity index is 1430. The first-order valence-corrected chi connectivity index (χ1v) is 15.5. The van der Waals surface area contributed by atoms with E-state index >= 15 is 0 Å². The van der Waals surface area contributed by atoms with Crippen LogP contribution in [0.15, 0.2) is 42.6 Å². The molecule has 13 heteroatoms. The summed E-state index contributed by atoms with van der Waals surface area (Å²) < 4.78 is 50.1. The zero-order valence-corrected chi connectivity index (χ0v) is 24.7. The van der Waals surface area contributed by atoms with Crippen LogP contribution in [0.4, 0.5) is 5.82 Å². The van der Waals surface area contributed by atoms with Crippen LogP contribution in [0.3, 0.4) is 0 Å². The molecule has 2 aromatic heterocycles. The van der Waals surface area contributed by atoms with E-state index in [-0.39, 0.29) is 38.0 Å². The molecule has 0 aliphatic carbocycles. The van der Waals surface area contributed by atoms with Gasteiger partial charge >= 0.3 is 7.60 Å². The number of ether oxygens (including phenoxy) is 4. The summed E-state index contributed by atoms with van der Waals surface area (Å²) in [7, 11) is -3.38. The van der Waals surface area contributed by atoms with E-state index in [1.54, 1.807) is 13.8 Å². The Morgan fingerprint density at radius 3 is 2.51 bits per heavy atom. The number of nitriles is 1. The lowest BCUT2D eigenvalue weighted by Gasteiger charge is -2.25. The number of hydrogen-bond donors (Lipinski definition) is 1. The van der Waals surface area contributed by atoms with Crippen molar-refractivity contribution in [2.75, 3.05) is 31.5 Å². The monoisotopic (exact) mass is 585 g/mol. The maximum Gasteiger partial charge on any atom is 0.356 e. The molecule has 1 N–H and O–H groups in total. The van der Waals surface area contributed by atoms with E-state index in [0.717, 1.165) is 10.9 Å². The Morgan fingerprint density at radius 1 is 1.12 bits per heavy atom. The molecule has 41 heavy (non-hydrogen) atoms. The third-order valence-corrected chi connectivity index (χ3v) is 8.71. The highest BCUT2D eigenvalue weighted by Crippen LogP contribution is 2.49. The Balaban J connectivity index is 1.41. The molecule has 5 atom stereocenters. The lowest BCUT2D eigenvalue weighted by molar-refractivity contribution is -0.201. The number of rotatable bonds is 12. The maximum atomic E-state index is 12.9. The van der Waals surface area contributed by atoms with E-state index in [2.05, 4.69) is 21.4 Å². The summed E-state index contributed by atoms with van der Waals surface area (Å²) in [5, 5.41) is 13.9. The van der Waals surface area contributed by atoms with Crippen molar-refractivity contribution in [3.8, 4) is 6.07 Å². The average molecular weight is 586 g/mol. The molecule has 12 nitrogen and oxygen atoms in total. The Kier molecular flexibility index (Phi) is 8.78. The highest BCUT2D eigenvalue weighted by atomic mass is 31.2. The topological polar surface area (TPSA) is 139 Å². The predicted molar refractivity (Wildman–Crippen MR) is 150 cm³/mol. The first-order valence-electron chi connectivity index (χ1n) is 13.7. The van der Waals surface area contributed by atoms with Gasteiger partial charge in [-0.1, -0.05) is 30.3 Å². The second kappa shape index (κ2) is 12.2. The molecular formula is C28H36N5O7P. The van der Waals surface area contributed by atoms with E-state index in [0.29, 0.717) is 11.5 Å². The average Bonchev–Trinajstić information content (AvgIpc) is 3.60. The number of anilines is 1. The minimum absolute atomic E-state index is 0.0289. The molecule has 2 fully saturated rings. The quantitative estimate of drug-likeness (QED) is 0.283. The first-order chi connectivity index (χ1) is 19.7. The second-order valence-corrected chi connectivity index (χ2v) is 12.3. The fourth-order valence-corrected chi connectivity index (χ4v) is 6.57. The molecule has 0 amide bonds. The van der Waals surface area contributed by atoms with E-state index < -0.39 is 37.9 Å². The number of benzene rings is 1. The van der Waals surface area contributed by atoms with Gasteiger partial charge in [-0.2, -0.15) is 5.26 Å². The molecule has 2 saturated heterocycles. The van der Waals surface area contributed by atoms with E-state index in [9.17, 15) is 9.83 Å². The Morgan fingerprint density at radius 2 is 1.83 bits per heavy atom. The summed E-state index contributed by atoms with van der Waals surface area (Å²) in [6.45, 7) is 9.78. The van der Waals surface area contributed by atoms with Crippen LogP contribution in [-0.4, -0.2) is 64.8 Å². The molecule has 220 valence electrons. The van der Waals surface area contributed by atoms with Crippen LogP contribution in [0.5, 0.6) is 0 Å². The summed E-state index contributed by atoms with van der Waals surface area (Å²) in [5.74, 6) is -0.279. The third kappa shape index (κ3) is 6.32. The van der Waals surface area contributed by atoms with Gasteiger partial charge in [-0.15, -0.1) is 0 Å². The van der Waals surface area contributed by atoms with Crippen molar-refractivity contribution in [3.63, 3.8) is 0 Å². The van der Waals surface area contributed by atoms with Gasteiger partial charge in [-0.25, -0.2) is 9.97 Å². The first kappa shape index (κ1) is 29.6. The molecule has 3 aromatic rings. The van der Waals surface area contributed by atoms with Crippen molar-refractivity contribution in [2.45, 2.75) is 71.0 Å². The zero-order valence-electron chi connectivity index (χ0n) is 23.9. The van der Waals surface area contributed by atoms with E-state index in [1.165, 1.54) is 0 Å². The SMILES string of the molecule is CCOP(=O)(COC[C@H]1O[C@@H](n2ccc3c(N[C@H](C)c4ccccc4)nc(C#N)nc32)[C@@H]2OC(C)(C)O[C@@H]21)OCC. The minimum Gasteiger partial charge on any atom is -0.366 e. The fourth-order valence-electron chi connectivity index (χ4n) is 5.23. The molecule has 0 spiro atoms. The van der Waals surface area contributed by atoms with Crippen molar-refractivity contribution < 1.29 is 32.6 Å². The number of nitrogens with zero attached hydrogens (tertiary/aromatic N) is 4. The van der Waals surface area contributed by atoms with Crippen LogP contribution in [-0.2, 0) is 32.6 Å². The van der Waals surface area contributed by atoms with Crippen molar-refractivity contribution >= 4 is 24.4 Å². The third-order valence-electron chi connectivity index (χ3n) is 6.91. The predicted octanol–water partition coefficient (Wildman–Crippen LogP) is 5.13. The van der Waals surface area contributed by atoms with E-state index in [1.807, 2.05) is 67.9 Å². The smallest absolute Gasteiger partial charge is 0.356 e. The summed E-state index contributed by atoms with van der Waals surface area (Å²) in [6, 6.07) is 13.9. The van der Waals surface area contributed by atoms with Crippen LogP contribution in [0.25, 0.3) is 11.0 Å². The van der Waals surface area contributed by atoms with Crippen LogP contribution in [0.1, 0.15) is 58.3 Å². The van der Waals surface area contributed by atoms with Crippen LogP contribution >= 0.6 is 7.60 Å². The number of aromatic nitrogens is 3. The van der Waals surface area contributed by atoms with Crippen molar-refractivity contribution in [2.24, 2.45) is 0 Å². The lowest BCUT2D eigenvalue weighted by atomic mass is 10.1. The summed E-state index contributed by atoms with van der Waals surface area (Å²) in [6.07, 6.45) is -0.468. The van der Waals surface area contributed by atoms with Gasteiger partial charge in [0.1, 0.15) is 42.2 Å². The molecule has 0 bridgehead atoms. The number of hydrogen-bond acceptors (Lipinski definition) is 11. The molecule has 0 unspecified atom stereocenters. The normalized spacial score (nSPS) is 24.3. The highest BCUT2D eigenvalue weighted by Gasteiger charge is 2.56. The molecule has 1 aromatic carbocycles. The fraction of sp³-hybridized carbons (Fsp3) is 0.536. The van der Waals surface area contributed by atoms with Crippen molar-refractivity contribution in [1.29, 1.82) is 5.26 Å². The van der Waals surface area contributed by atoms with Crippen LogP contribution in [0.2, 0.25) is 0 Å². The van der Waals surface area contributed by atoms with Gasteiger partial charge in [0.25, 0.3) is 0 Å². The molecule has 5 rings (SSSR count). The van der Waals surface area contributed by atoms with Gasteiger partial charge in [-0.05, 0) is 46.2 Å². The molecule has 2 aliphatic rings. The zero-order chi connectivity index (χ0) is 29.2. The standard InChI is InChI=1S/C28H36N5O7P/c1-6-36-41(34,37-7-2)17-35-16-21-23-24(40-28(4,5)39-23)27(38-21)33-14-13-20-25(31-22(15-29)32-26(20)33)30-18(3)19-11-9-8-10-12-19/h8-14,18,21,23-24,27H,6-7,16-17H2,1-5H3,(H,30,31,32)/t18-,21-,23-,24-,27-/m1/s1. The maximum absolute atomic E-state index is 12.9. The molecular weight excluding hydrogens is 549 g/mol. The van der Waals surface area contributed by atoms with E-state index in [4.69, 9.17) is 28.0 Å². The van der Waals surface area contributed by atoms with Gasteiger partial charge < -0.3 is 37.9 Å². The van der Waals surface area contributed by atoms with Gasteiger partial charge in [0.15, 0.2) is 12.0 Å². The van der Waals surface area contributed by atoms with Crippen LogP contribution in [0, 0.1) is 11.3 Å². The number of nitrogens with one attached hydrogen (secondary N) is 1. The molecule has 0 saturated carbocycles. The molecule has 0 radical (unpaired) electrons. The van der Waals surface area contributed by atoms with Gasteiger partial charge in [0.2, 0.25) is 5.82 Å². The number of fused-ring (bicyclic) bond motifs is 2. The van der Waals surface area contributed by atoms with Gasteiger partial charge in [-0.3, -0.25) is 4.57 Å². The summed E-state index contributed by atoms with van der Waals surface area (Å²) in [4.78, 5) is 8.98. The minimum atomic E-state index is -3.38. The van der Waals surface area contributed by atoms with Gasteiger partial charge in [0.05, 0.1) is 25.2 Å². The second-order valence-electron chi connectivity index (χ2n) is 10.3. The Labute approximate surface area is 239 Å². The van der Waals surface area contributed by atoms with Gasteiger partial charge in [0, 0.05) is 12.2 Å². The summed E-state index contributed by atoms with van der Waals surface area (Å²) >= 11 is 0. The summed E-state index contributed by atoms with van der Waals surface area (Å²) in [5.41, 5.74) is 1.61. The Hall–Kier alpha value is -2.88. The largest absolute Gasteiger partial charge is 0.366 e.